The van der Waals surface area contributed by atoms with Gasteiger partial charge in [0.15, 0.2) is 11.5 Å². The van der Waals surface area contributed by atoms with E-state index in [1.807, 2.05) is 43.5 Å². The van der Waals surface area contributed by atoms with E-state index in [1.165, 1.54) is 4.31 Å². The van der Waals surface area contributed by atoms with E-state index in [-0.39, 0.29) is 30.7 Å². The van der Waals surface area contributed by atoms with E-state index in [1.54, 1.807) is 47.6 Å². The standard InChI is InChI=1S/C27H32N2O6S2/c1-20-5-8-23(9-6-20)37(31,32)29(12-4-13-33-3)18-27(30)28(17-26-21(2)11-14-36-26)16-22-7-10-24-25(15-22)35-19-34-24/h5-11,14-15H,4,12-13,16-19H2,1-3H3. The Labute approximate surface area is 222 Å². The van der Waals surface area contributed by atoms with Gasteiger partial charge >= 0.3 is 0 Å². The number of ether oxygens (including phenoxy) is 3. The van der Waals surface area contributed by atoms with Gasteiger partial charge in [-0.15, -0.1) is 11.3 Å². The Morgan fingerprint density at radius 1 is 1.03 bits per heavy atom. The molecule has 0 radical (unpaired) electrons. The molecule has 2 heterocycles. The Hall–Kier alpha value is -2.92. The van der Waals surface area contributed by atoms with Crippen molar-refractivity contribution < 1.29 is 27.4 Å². The van der Waals surface area contributed by atoms with E-state index in [2.05, 4.69) is 0 Å². The Morgan fingerprint density at radius 2 is 1.78 bits per heavy atom. The van der Waals surface area contributed by atoms with Gasteiger partial charge < -0.3 is 19.1 Å². The van der Waals surface area contributed by atoms with Crippen LogP contribution in [0.3, 0.4) is 0 Å². The smallest absolute Gasteiger partial charge is 0.243 e. The molecule has 1 aliphatic heterocycles. The lowest BCUT2D eigenvalue weighted by Crippen LogP contribution is -2.43. The second-order valence-corrected chi connectivity index (χ2v) is 11.9. The quantitative estimate of drug-likeness (QED) is 0.315. The number of carbonyl (C=O) groups excluding carboxylic acids is 1. The molecule has 10 heteroatoms. The molecule has 4 rings (SSSR count). The summed E-state index contributed by atoms with van der Waals surface area (Å²) in [5.74, 6) is 1.03. The highest BCUT2D eigenvalue weighted by Gasteiger charge is 2.29. The molecule has 2 aromatic carbocycles. The SMILES string of the molecule is COCCCN(CC(=O)N(Cc1ccc2c(c1)OCO2)Cc1sccc1C)S(=O)(=O)c1ccc(C)cc1. The molecule has 3 aromatic rings. The van der Waals surface area contributed by atoms with Crippen molar-refractivity contribution in [3.63, 3.8) is 0 Å². The first-order chi connectivity index (χ1) is 17.8. The van der Waals surface area contributed by atoms with Crippen molar-refractivity contribution in [3.8, 4) is 11.5 Å². The third kappa shape index (κ3) is 6.70. The average molecular weight is 545 g/mol. The minimum Gasteiger partial charge on any atom is -0.454 e. The average Bonchev–Trinajstić information content (AvgIpc) is 3.51. The Bertz CT molecular complexity index is 1320. The van der Waals surface area contributed by atoms with Crippen LogP contribution in [0, 0.1) is 13.8 Å². The molecule has 0 bridgehead atoms. The van der Waals surface area contributed by atoms with Gasteiger partial charge in [0.1, 0.15) is 0 Å². The van der Waals surface area contributed by atoms with Crippen molar-refractivity contribution in [2.45, 2.75) is 38.3 Å². The van der Waals surface area contributed by atoms with Crippen LogP contribution in [-0.4, -0.2) is 57.1 Å². The number of amides is 1. The molecule has 0 saturated carbocycles. The number of rotatable bonds is 12. The lowest BCUT2D eigenvalue weighted by molar-refractivity contribution is -0.132. The van der Waals surface area contributed by atoms with Gasteiger partial charge in [-0.3, -0.25) is 4.79 Å². The van der Waals surface area contributed by atoms with Crippen LogP contribution in [0.2, 0.25) is 0 Å². The molecule has 37 heavy (non-hydrogen) atoms. The summed E-state index contributed by atoms with van der Waals surface area (Å²) in [6.07, 6.45) is 0.473. The Balaban J connectivity index is 1.59. The summed E-state index contributed by atoms with van der Waals surface area (Å²) in [6, 6.07) is 14.3. The van der Waals surface area contributed by atoms with E-state index in [9.17, 15) is 13.2 Å². The van der Waals surface area contributed by atoms with Crippen molar-refractivity contribution in [2.24, 2.45) is 0 Å². The zero-order valence-corrected chi connectivity index (χ0v) is 22.9. The third-order valence-electron chi connectivity index (χ3n) is 6.19. The zero-order valence-electron chi connectivity index (χ0n) is 21.3. The van der Waals surface area contributed by atoms with E-state index >= 15 is 0 Å². The first-order valence-corrected chi connectivity index (χ1v) is 14.3. The number of hydrogen-bond acceptors (Lipinski definition) is 7. The normalized spacial score (nSPS) is 12.8. The first kappa shape index (κ1) is 27.1. The maximum atomic E-state index is 13.7. The monoisotopic (exact) mass is 544 g/mol. The molecule has 8 nitrogen and oxygen atoms in total. The summed E-state index contributed by atoms with van der Waals surface area (Å²) in [6.45, 7) is 5.06. The van der Waals surface area contributed by atoms with Crippen LogP contribution in [0.25, 0.3) is 0 Å². The summed E-state index contributed by atoms with van der Waals surface area (Å²) in [5, 5.41) is 1.99. The van der Waals surface area contributed by atoms with Crippen molar-refractivity contribution in [2.75, 3.05) is 33.6 Å². The molecule has 0 saturated heterocycles. The molecule has 0 fully saturated rings. The van der Waals surface area contributed by atoms with E-state index < -0.39 is 10.0 Å². The molecule has 1 aromatic heterocycles. The molecule has 1 aliphatic rings. The van der Waals surface area contributed by atoms with Crippen LogP contribution >= 0.6 is 11.3 Å². The van der Waals surface area contributed by atoms with Gasteiger partial charge in [-0.05, 0) is 67.1 Å². The fourth-order valence-corrected chi connectivity index (χ4v) is 6.36. The fraction of sp³-hybridized carbons (Fsp3) is 0.370. The molecular weight excluding hydrogens is 512 g/mol. The topological polar surface area (TPSA) is 85.4 Å². The predicted molar refractivity (Wildman–Crippen MR) is 142 cm³/mol. The highest BCUT2D eigenvalue weighted by molar-refractivity contribution is 7.89. The number of carbonyl (C=O) groups is 1. The van der Waals surface area contributed by atoms with Crippen LogP contribution in [0.5, 0.6) is 11.5 Å². The Morgan fingerprint density at radius 3 is 2.49 bits per heavy atom. The molecule has 1 amide bonds. The number of sulfonamides is 1. The molecule has 0 aliphatic carbocycles. The molecule has 0 atom stereocenters. The highest BCUT2D eigenvalue weighted by atomic mass is 32.2. The van der Waals surface area contributed by atoms with Crippen molar-refractivity contribution >= 4 is 27.3 Å². The zero-order chi connectivity index (χ0) is 26.4. The summed E-state index contributed by atoms with van der Waals surface area (Å²) in [7, 11) is -2.31. The maximum Gasteiger partial charge on any atom is 0.243 e. The van der Waals surface area contributed by atoms with E-state index in [4.69, 9.17) is 14.2 Å². The maximum absolute atomic E-state index is 13.7. The van der Waals surface area contributed by atoms with Gasteiger partial charge in [-0.1, -0.05) is 23.8 Å². The van der Waals surface area contributed by atoms with Gasteiger partial charge in [0.05, 0.1) is 18.0 Å². The van der Waals surface area contributed by atoms with Gasteiger partial charge in [0.2, 0.25) is 22.7 Å². The minimum atomic E-state index is -3.88. The van der Waals surface area contributed by atoms with Crippen LogP contribution in [-0.2, 0) is 32.6 Å². The van der Waals surface area contributed by atoms with Gasteiger partial charge in [0, 0.05) is 31.7 Å². The van der Waals surface area contributed by atoms with Crippen molar-refractivity contribution in [1.82, 2.24) is 9.21 Å². The van der Waals surface area contributed by atoms with E-state index in [0.717, 1.165) is 21.6 Å². The largest absolute Gasteiger partial charge is 0.454 e. The van der Waals surface area contributed by atoms with Gasteiger partial charge in [0.25, 0.3) is 0 Å². The lowest BCUT2D eigenvalue weighted by atomic mass is 10.1. The molecule has 0 unspecified atom stereocenters. The number of hydrogen-bond donors (Lipinski definition) is 0. The predicted octanol–water partition coefficient (Wildman–Crippen LogP) is 4.35. The molecule has 198 valence electrons. The summed E-state index contributed by atoms with van der Waals surface area (Å²) in [4.78, 5) is 16.7. The van der Waals surface area contributed by atoms with Crippen LogP contribution in [0.15, 0.2) is 58.8 Å². The van der Waals surface area contributed by atoms with Gasteiger partial charge in [-0.25, -0.2) is 8.42 Å². The Kier molecular flexibility index (Phi) is 8.86. The number of nitrogens with zero attached hydrogens (tertiary/aromatic N) is 2. The number of benzene rings is 2. The van der Waals surface area contributed by atoms with Crippen LogP contribution in [0.4, 0.5) is 0 Å². The van der Waals surface area contributed by atoms with Crippen molar-refractivity contribution in [1.29, 1.82) is 0 Å². The molecule has 0 spiro atoms. The second-order valence-electron chi connectivity index (χ2n) is 8.96. The summed E-state index contributed by atoms with van der Waals surface area (Å²) >= 11 is 1.58. The number of aryl methyl sites for hydroxylation is 2. The van der Waals surface area contributed by atoms with Crippen molar-refractivity contribution in [3.05, 3.63) is 75.5 Å². The van der Waals surface area contributed by atoms with Gasteiger partial charge in [-0.2, -0.15) is 4.31 Å². The minimum absolute atomic E-state index is 0.166. The molecule has 0 N–H and O–H groups in total. The first-order valence-electron chi connectivity index (χ1n) is 12.0. The fourth-order valence-electron chi connectivity index (χ4n) is 4.01. The highest BCUT2D eigenvalue weighted by Crippen LogP contribution is 2.33. The lowest BCUT2D eigenvalue weighted by Gasteiger charge is -2.27. The molecular formula is C27H32N2O6S2. The van der Waals surface area contributed by atoms with E-state index in [0.29, 0.717) is 37.6 Å². The number of methoxy groups -OCH3 is 1. The van der Waals surface area contributed by atoms with Crippen LogP contribution in [0.1, 0.15) is 28.0 Å². The summed E-state index contributed by atoms with van der Waals surface area (Å²) < 4.78 is 44.4. The third-order valence-corrected chi connectivity index (χ3v) is 9.06. The van der Waals surface area contributed by atoms with Crippen LogP contribution < -0.4 is 9.47 Å². The number of fused-ring (bicyclic) bond motifs is 1. The summed E-state index contributed by atoms with van der Waals surface area (Å²) in [5.41, 5.74) is 2.93. The number of thiophene rings is 1. The second kappa shape index (κ2) is 12.1.